The summed E-state index contributed by atoms with van der Waals surface area (Å²) in [5.74, 6) is 0. The Morgan fingerprint density at radius 2 is 2.14 bits per heavy atom. The Balaban J connectivity index is 2.06. The molecule has 0 radical (unpaired) electrons. The van der Waals surface area contributed by atoms with Crippen LogP contribution in [0.5, 0.6) is 0 Å². The van der Waals surface area contributed by atoms with Gasteiger partial charge >= 0.3 is 0 Å². The summed E-state index contributed by atoms with van der Waals surface area (Å²) in [5.41, 5.74) is 5.46. The summed E-state index contributed by atoms with van der Waals surface area (Å²) < 4.78 is 4.98. The summed E-state index contributed by atoms with van der Waals surface area (Å²) in [7, 11) is 1.73. The molecule has 7 heavy (non-hydrogen) atoms. The van der Waals surface area contributed by atoms with Crippen molar-refractivity contribution in [2.75, 3.05) is 7.11 Å². The zero-order valence-corrected chi connectivity index (χ0v) is 4.55. The highest BCUT2D eigenvalue weighted by molar-refractivity contribution is 4.82. The lowest BCUT2D eigenvalue weighted by atomic mass is 9.90. The van der Waals surface area contributed by atoms with E-state index in [0.717, 1.165) is 12.8 Å². The molecule has 1 fully saturated rings. The zero-order chi connectivity index (χ0) is 5.28. The molecule has 0 bridgehead atoms. The molecule has 0 spiro atoms. The molecule has 0 amide bonds. The van der Waals surface area contributed by atoms with Gasteiger partial charge in [-0.05, 0) is 12.8 Å². The van der Waals surface area contributed by atoms with E-state index in [9.17, 15) is 0 Å². The normalized spacial score (nSPS) is 40.3. The molecule has 0 aromatic heterocycles. The topological polar surface area (TPSA) is 35.2 Å². The van der Waals surface area contributed by atoms with Crippen molar-refractivity contribution < 1.29 is 4.74 Å². The first-order valence-corrected chi connectivity index (χ1v) is 2.61. The maximum absolute atomic E-state index is 5.46. The Morgan fingerprint density at radius 3 is 2.29 bits per heavy atom. The summed E-state index contributed by atoms with van der Waals surface area (Å²) in [4.78, 5) is 0. The second-order valence-electron chi connectivity index (χ2n) is 2.09. The van der Waals surface area contributed by atoms with Gasteiger partial charge in [0.25, 0.3) is 0 Å². The number of nitrogens with two attached hydrogens (primary N) is 1. The van der Waals surface area contributed by atoms with Crippen molar-refractivity contribution in [3.05, 3.63) is 0 Å². The standard InChI is InChI=1S/C5H11NO/c1-7-5-2-4(6)3-5/h4-5H,2-3,6H2,1H3/t4-,5-. The highest BCUT2D eigenvalue weighted by atomic mass is 16.5. The van der Waals surface area contributed by atoms with Gasteiger partial charge in [-0.2, -0.15) is 0 Å². The molecule has 42 valence electrons. The molecule has 2 heteroatoms. The molecule has 0 unspecified atom stereocenters. The monoisotopic (exact) mass is 101 g/mol. The Kier molecular flexibility index (Phi) is 1.30. The van der Waals surface area contributed by atoms with Crippen molar-refractivity contribution in [2.24, 2.45) is 5.73 Å². The Labute approximate surface area is 43.6 Å². The van der Waals surface area contributed by atoms with Crippen molar-refractivity contribution in [3.63, 3.8) is 0 Å². The molecule has 1 aliphatic carbocycles. The third-order valence-electron chi connectivity index (χ3n) is 1.46. The van der Waals surface area contributed by atoms with Gasteiger partial charge in [-0.3, -0.25) is 0 Å². The lowest BCUT2D eigenvalue weighted by Crippen LogP contribution is -2.40. The number of hydrogen-bond acceptors (Lipinski definition) is 2. The van der Waals surface area contributed by atoms with E-state index in [1.54, 1.807) is 7.11 Å². The molecule has 0 aliphatic heterocycles. The molecule has 2 nitrogen and oxygen atoms in total. The summed E-state index contributed by atoms with van der Waals surface area (Å²) >= 11 is 0. The van der Waals surface area contributed by atoms with Crippen LogP contribution in [0.1, 0.15) is 12.8 Å². The van der Waals surface area contributed by atoms with Crippen LogP contribution in [0.3, 0.4) is 0 Å². The predicted octanol–water partition coefficient (Wildman–Crippen LogP) is 0.122. The quantitative estimate of drug-likeness (QED) is 0.509. The van der Waals surface area contributed by atoms with E-state index < -0.39 is 0 Å². The zero-order valence-electron chi connectivity index (χ0n) is 4.55. The summed E-state index contributed by atoms with van der Waals surface area (Å²) in [5, 5.41) is 0. The smallest absolute Gasteiger partial charge is 0.0600 e. The predicted molar refractivity (Wildman–Crippen MR) is 28.0 cm³/mol. The molecular formula is C5H11NO. The van der Waals surface area contributed by atoms with Gasteiger partial charge in [0.2, 0.25) is 0 Å². The highest BCUT2D eigenvalue weighted by Gasteiger charge is 2.24. The van der Waals surface area contributed by atoms with Crippen molar-refractivity contribution in [1.29, 1.82) is 0 Å². The fraction of sp³-hybridized carbons (Fsp3) is 1.00. The van der Waals surface area contributed by atoms with Crippen molar-refractivity contribution >= 4 is 0 Å². The van der Waals surface area contributed by atoms with Crippen LogP contribution in [0, 0.1) is 0 Å². The van der Waals surface area contributed by atoms with Crippen molar-refractivity contribution in [1.82, 2.24) is 0 Å². The van der Waals surface area contributed by atoms with E-state index in [4.69, 9.17) is 10.5 Å². The summed E-state index contributed by atoms with van der Waals surface area (Å²) in [6.45, 7) is 0. The molecule has 0 saturated heterocycles. The first-order valence-electron chi connectivity index (χ1n) is 2.61. The molecule has 1 rings (SSSR count). The Morgan fingerprint density at radius 1 is 1.57 bits per heavy atom. The fourth-order valence-corrected chi connectivity index (χ4v) is 0.799. The number of ether oxygens (including phenoxy) is 1. The van der Waals surface area contributed by atoms with Crippen LogP contribution in [0.15, 0.2) is 0 Å². The minimum absolute atomic E-state index is 0.421. The van der Waals surface area contributed by atoms with E-state index >= 15 is 0 Å². The van der Waals surface area contributed by atoms with E-state index in [-0.39, 0.29) is 0 Å². The molecule has 2 N–H and O–H groups in total. The number of hydrogen-bond donors (Lipinski definition) is 1. The second kappa shape index (κ2) is 1.80. The molecule has 0 atom stereocenters. The Bertz CT molecular complexity index is 59.1. The third kappa shape index (κ3) is 0.924. The molecule has 1 saturated carbocycles. The molecule has 0 aromatic carbocycles. The van der Waals surface area contributed by atoms with Crippen molar-refractivity contribution in [2.45, 2.75) is 25.0 Å². The van der Waals surface area contributed by atoms with Crippen LogP contribution >= 0.6 is 0 Å². The van der Waals surface area contributed by atoms with Crippen LogP contribution in [0.4, 0.5) is 0 Å². The summed E-state index contributed by atoms with van der Waals surface area (Å²) in [6.07, 6.45) is 2.57. The summed E-state index contributed by atoms with van der Waals surface area (Å²) in [6, 6.07) is 0.421. The van der Waals surface area contributed by atoms with E-state index in [2.05, 4.69) is 0 Å². The van der Waals surface area contributed by atoms with E-state index in [0.29, 0.717) is 12.1 Å². The lowest BCUT2D eigenvalue weighted by Gasteiger charge is -2.30. The van der Waals surface area contributed by atoms with Gasteiger partial charge in [0.1, 0.15) is 0 Å². The minimum Gasteiger partial charge on any atom is -0.381 e. The van der Waals surface area contributed by atoms with Crippen LogP contribution < -0.4 is 5.73 Å². The number of methoxy groups -OCH3 is 1. The average molecular weight is 101 g/mol. The van der Waals surface area contributed by atoms with E-state index in [1.807, 2.05) is 0 Å². The maximum Gasteiger partial charge on any atom is 0.0600 e. The van der Waals surface area contributed by atoms with Gasteiger partial charge < -0.3 is 10.5 Å². The van der Waals surface area contributed by atoms with Crippen LogP contribution in [0.25, 0.3) is 0 Å². The van der Waals surface area contributed by atoms with Gasteiger partial charge in [0, 0.05) is 13.2 Å². The molecule has 0 aromatic rings. The fourth-order valence-electron chi connectivity index (χ4n) is 0.799. The van der Waals surface area contributed by atoms with Crippen LogP contribution in [-0.4, -0.2) is 19.3 Å². The lowest BCUT2D eigenvalue weighted by molar-refractivity contribution is 0.0279. The maximum atomic E-state index is 5.46. The first-order chi connectivity index (χ1) is 3.33. The van der Waals surface area contributed by atoms with Gasteiger partial charge in [-0.15, -0.1) is 0 Å². The largest absolute Gasteiger partial charge is 0.381 e. The molecular weight excluding hydrogens is 90.1 g/mol. The first kappa shape index (κ1) is 5.06. The van der Waals surface area contributed by atoms with Crippen LogP contribution in [-0.2, 0) is 4.74 Å². The molecule has 1 aliphatic rings. The molecule has 0 heterocycles. The Hall–Kier alpha value is -0.0800. The average Bonchev–Trinajstić information content (AvgIpc) is 1.58. The van der Waals surface area contributed by atoms with E-state index in [1.165, 1.54) is 0 Å². The van der Waals surface area contributed by atoms with Gasteiger partial charge in [-0.25, -0.2) is 0 Å². The number of rotatable bonds is 1. The van der Waals surface area contributed by atoms with Gasteiger partial charge in [0.05, 0.1) is 6.10 Å². The second-order valence-corrected chi connectivity index (χ2v) is 2.09. The van der Waals surface area contributed by atoms with Gasteiger partial charge in [-0.1, -0.05) is 0 Å². The third-order valence-corrected chi connectivity index (χ3v) is 1.46. The highest BCUT2D eigenvalue weighted by Crippen LogP contribution is 2.19. The van der Waals surface area contributed by atoms with Crippen LogP contribution in [0.2, 0.25) is 0 Å². The van der Waals surface area contributed by atoms with Gasteiger partial charge in [0.15, 0.2) is 0 Å². The SMILES string of the molecule is CO[C@H]1C[C@H](N)C1. The van der Waals surface area contributed by atoms with Crippen molar-refractivity contribution in [3.8, 4) is 0 Å². The minimum atomic E-state index is 0.421.